The van der Waals surface area contributed by atoms with Crippen LogP contribution in [0.2, 0.25) is 0 Å². The molecule has 2 rings (SSSR count). The van der Waals surface area contributed by atoms with Gasteiger partial charge in [-0.1, -0.05) is 0 Å². The van der Waals surface area contributed by atoms with Gasteiger partial charge in [-0.2, -0.15) is 23.7 Å². The summed E-state index contributed by atoms with van der Waals surface area (Å²) in [6.07, 6.45) is -2.34. The minimum atomic E-state index is -1.17. The first-order valence-electron chi connectivity index (χ1n) is 5.24. The highest BCUT2D eigenvalue weighted by atomic mass is 19.1. The summed E-state index contributed by atoms with van der Waals surface area (Å²) >= 11 is 0. The number of benzene rings is 1. The molecule has 0 spiro atoms. The number of rotatable bonds is 4. The van der Waals surface area contributed by atoms with Crippen LogP contribution in [0.1, 0.15) is 6.92 Å². The van der Waals surface area contributed by atoms with Gasteiger partial charge in [-0.25, -0.2) is 0 Å². The Kier molecular flexibility index (Phi) is 3.61. The fourth-order valence-electron chi connectivity index (χ4n) is 1.31. The molecule has 1 N–H and O–H groups in total. The number of hydrogen-bond acceptors (Lipinski definition) is 5. The van der Waals surface area contributed by atoms with Crippen molar-refractivity contribution < 1.29 is 13.5 Å². The Balaban J connectivity index is 2.13. The molecule has 0 bridgehead atoms. The zero-order valence-electron chi connectivity index (χ0n) is 9.52. The van der Waals surface area contributed by atoms with Crippen molar-refractivity contribution in [3.05, 3.63) is 36.4 Å². The van der Waals surface area contributed by atoms with Crippen LogP contribution in [0.3, 0.4) is 0 Å². The van der Waals surface area contributed by atoms with Crippen molar-refractivity contribution in [2.75, 3.05) is 11.9 Å². The van der Waals surface area contributed by atoms with Crippen molar-refractivity contribution in [2.45, 2.75) is 6.92 Å². The molecular formula is C11H10F2N4O. The lowest BCUT2D eigenvalue weighted by Crippen LogP contribution is -2.04. The Morgan fingerprint density at radius 2 is 1.67 bits per heavy atom. The first-order valence-corrected chi connectivity index (χ1v) is 5.24. The number of aromatic nitrogens is 3. The highest BCUT2D eigenvalue weighted by Gasteiger charge is 2.05. The molecule has 1 aromatic heterocycles. The van der Waals surface area contributed by atoms with Gasteiger partial charge in [-0.3, -0.25) is 0 Å². The molecular weight excluding hydrogens is 242 g/mol. The van der Waals surface area contributed by atoms with Crippen molar-refractivity contribution >= 4 is 11.6 Å². The Morgan fingerprint density at radius 3 is 2.22 bits per heavy atom. The lowest BCUT2D eigenvalue weighted by atomic mass is 10.3. The molecule has 0 unspecified atom stereocenters. The third-order valence-electron chi connectivity index (χ3n) is 2.00. The SMILES string of the molecule is CCOc1ccc(Nc2nc(F)nc(F)n2)cc1. The van der Waals surface area contributed by atoms with Gasteiger partial charge in [-0.05, 0) is 31.2 Å². The lowest BCUT2D eigenvalue weighted by molar-refractivity contribution is 0.340. The lowest BCUT2D eigenvalue weighted by Gasteiger charge is -2.06. The normalized spacial score (nSPS) is 10.2. The Bertz CT molecular complexity index is 513. The number of hydrogen-bond donors (Lipinski definition) is 1. The Labute approximate surface area is 102 Å². The number of ether oxygens (including phenoxy) is 1. The molecule has 5 nitrogen and oxygen atoms in total. The van der Waals surface area contributed by atoms with E-state index in [1.165, 1.54) is 0 Å². The van der Waals surface area contributed by atoms with Gasteiger partial charge in [0.1, 0.15) is 5.75 Å². The van der Waals surface area contributed by atoms with Crippen LogP contribution in [0, 0.1) is 12.2 Å². The van der Waals surface area contributed by atoms with Gasteiger partial charge in [-0.15, -0.1) is 0 Å². The monoisotopic (exact) mass is 252 g/mol. The molecule has 0 aliphatic carbocycles. The quantitative estimate of drug-likeness (QED) is 0.904. The molecule has 0 amide bonds. The summed E-state index contributed by atoms with van der Waals surface area (Å²) in [5, 5.41) is 2.66. The van der Waals surface area contributed by atoms with Crippen LogP contribution in [0.5, 0.6) is 5.75 Å². The molecule has 18 heavy (non-hydrogen) atoms. The van der Waals surface area contributed by atoms with Crippen molar-refractivity contribution in [1.82, 2.24) is 15.0 Å². The maximum absolute atomic E-state index is 12.7. The molecule has 0 aliphatic rings. The summed E-state index contributed by atoms with van der Waals surface area (Å²) in [5.74, 6) is 0.514. The van der Waals surface area contributed by atoms with E-state index in [1.807, 2.05) is 6.92 Å². The third kappa shape index (κ3) is 3.09. The molecule has 0 saturated heterocycles. The van der Waals surface area contributed by atoms with Gasteiger partial charge >= 0.3 is 12.2 Å². The van der Waals surface area contributed by atoms with Crippen LogP contribution in [0.25, 0.3) is 0 Å². The van der Waals surface area contributed by atoms with Crippen LogP contribution in [0.15, 0.2) is 24.3 Å². The number of anilines is 2. The van der Waals surface area contributed by atoms with Crippen LogP contribution < -0.4 is 10.1 Å². The van der Waals surface area contributed by atoms with Crippen LogP contribution >= 0.6 is 0 Å². The highest BCUT2D eigenvalue weighted by Crippen LogP contribution is 2.18. The van der Waals surface area contributed by atoms with Gasteiger partial charge in [0.05, 0.1) is 6.61 Å². The van der Waals surface area contributed by atoms with E-state index >= 15 is 0 Å². The standard InChI is InChI=1S/C11H10F2N4O/c1-2-18-8-5-3-7(4-6-8)14-11-16-9(12)15-10(13)17-11/h3-6H,2H2,1H3,(H,14,15,16,17). The Hall–Kier alpha value is -2.31. The molecule has 1 heterocycles. The number of nitrogens with one attached hydrogen (secondary N) is 1. The molecule has 94 valence electrons. The summed E-state index contributed by atoms with van der Waals surface area (Å²) in [6, 6.07) is 6.81. The van der Waals surface area contributed by atoms with E-state index in [9.17, 15) is 8.78 Å². The summed E-state index contributed by atoms with van der Waals surface area (Å²) in [4.78, 5) is 9.43. The van der Waals surface area contributed by atoms with Crippen LogP contribution in [-0.4, -0.2) is 21.6 Å². The highest BCUT2D eigenvalue weighted by molar-refractivity contribution is 5.54. The van der Waals surface area contributed by atoms with Crippen molar-refractivity contribution in [1.29, 1.82) is 0 Å². The fourth-order valence-corrected chi connectivity index (χ4v) is 1.31. The smallest absolute Gasteiger partial charge is 0.315 e. The second-order valence-electron chi connectivity index (χ2n) is 3.28. The fraction of sp³-hybridized carbons (Fsp3) is 0.182. The average molecular weight is 252 g/mol. The second-order valence-corrected chi connectivity index (χ2v) is 3.28. The van der Waals surface area contributed by atoms with E-state index in [2.05, 4.69) is 20.3 Å². The topological polar surface area (TPSA) is 59.9 Å². The number of halogens is 2. The zero-order valence-corrected chi connectivity index (χ0v) is 9.52. The number of nitrogens with zero attached hydrogens (tertiary/aromatic N) is 3. The van der Waals surface area contributed by atoms with Crippen molar-refractivity contribution in [2.24, 2.45) is 0 Å². The van der Waals surface area contributed by atoms with Gasteiger partial charge in [0.2, 0.25) is 5.95 Å². The first kappa shape index (κ1) is 12.2. The summed E-state index contributed by atoms with van der Waals surface area (Å²) in [6.45, 7) is 2.44. The van der Waals surface area contributed by atoms with E-state index in [1.54, 1.807) is 24.3 Å². The molecule has 0 aliphatic heterocycles. The van der Waals surface area contributed by atoms with Crippen LogP contribution in [-0.2, 0) is 0 Å². The van der Waals surface area contributed by atoms with Crippen LogP contribution in [0.4, 0.5) is 20.4 Å². The molecule has 0 saturated carbocycles. The molecule has 0 fully saturated rings. The van der Waals surface area contributed by atoms with Gasteiger partial charge < -0.3 is 10.1 Å². The predicted octanol–water partition coefficient (Wildman–Crippen LogP) is 2.29. The van der Waals surface area contributed by atoms with Gasteiger partial charge in [0.25, 0.3) is 0 Å². The minimum Gasteiger partial charge on any atom is -0.494 e. The molecule has 0 atom stereocenters. The van der Waals surface area contributed by atoms with E-state index in [-0.39, 0.29) is 5.95 Å². The molecule has 0 radical (unpaired) electrons. The van der Waals surface area contributed by atoms with E-state index < -0.39 is 12.2 Å². The molecule has 2 aromatic rings. The van der Waals surface area contributed by atoms with E-state index in [0.717, 1.165) is 0 Å². The molecule has 1 aromatic carbocycles. The van der Waals surface area contributed by atoms with Gasteiger partial charge in [0.15, 0.2) is 0 Å². The first-order chi connectivity index (χ1) is 8.67. The summed E-state index contributed by atoms with van der Waals surface area (Å²) in [5.41, 5.74) is 0.587. The molecule has 7 heteroatoms. The largest absolute Gasteiger partial charge is 0.494 e. The summed E-state index contributed by atoms with van der Waals surface area (Å²) < 4.78 is 30.7. The van der Waals surface area contributed by atoms with Crippen molar-refractivity contribution in [3.63, 3.8) is 0 Å². The zero-order chi connectivity index (χ0) is 13.0. The third-order valence-corrected chi connectivity index (χ3v) is 2.00. The van der Waals surface area contributed by atoms with Gasteiger partial charge in [0, 0.05) is 5.69 Å². The predicted molar refractivity (Wildman–Crippen MR) is 60.6 cm³/mol. The average Bonchev–Trinajstić information content (AvgIpc) is 2.31. The second kappa shape index (κ2) is 5.35. The summed E-state index contributed by atoms with van der Waals surface area (Å²) in [7, 11) is 0. The maximum atomic E-state index is 12.7. The van der Waals surface area contributed by atoms with E-state index in [4.69, 9.17) is 4.74 Å². The van der Waals surface area contributed by atoms with Crippen molar-refractivity contribution in [3.8, 4) is 5.75 Å². The minimum absolute atomic E-state index is 0.191. The Morgan fingerprint density at radius 1 is 1.06 bits per heavy atom. The maximum Gasteiger partial charge on any atom is 0.315 e. The van der Waals surface area contributed by atoms with E-state index in [0.29, 0.717) is 18.0 Å².